The van der Waals surface area contributed by atoms with Crippen LogP contribution < -0.4 is 20.1 Å². The lowest BCUT2D eigenvalue weighted by atomic mass is 9.90. The first kappa shape index (κ1) is 35.8. The van der Waals surface area contributed by atoms with E-state index in [1.54, 1.807) is 41.8 Å². The van der Waals surface area contributed by atoms with E-state index in [1.807, 2.05) is 72.8 Å². The number of carbonyl (C=O) groups is 4. The standard InChI is InChI=1S/C40H42N4O8/c1-7-49-37(45)31-23(3)43(5)39(47)41-35(31)33-27-15-11-9-13-25(27)17-19-29(33)51-21-22-52-30-20-18-26-14-10-12-16-28(26)34(30)36-32(38(46)50-8-2)24(4)44(6)40(48)42-36/h9-20,35-36H,7-8,21-22H2,1-6H3,(H,41,47)(H,42,48). The largest absolute Gasteiger partial charge is 0.490 e. The summed E-state index contributed by atoms with van der Waals surface area (Å²) in [6.07, 6.45) is 0. The SMILES string of the molecule is CCOC(=O)C1=C(C)N(C)C(=O)NC1c1c(OCCOc2ccc3ccccc3c2C2NC(=O)N(C)C(C)=C2C(=O)OCC)ccc2ccccc12. The van der Waals surface area contributed by atoms with Crippen molar-refractivity contribution < 1.29 is 38.1 Å². The lowest BCUT2D eigenvalue weighted by Crippen LogP contribution is -2.46. The molecule has 2 N–H and O–H groups in total. The van der Waals surface area contributed by atoms with Crippen LogP contribution in [0.4, 0.5) is 9.59 Å². The van der Waals surface area contributed by atoms with Gasteiger partial charge in [-0.2, -0.15) is 0 Å². The van der Waals surface area contributed by atoms with Crippen LogP contribution in [0, 0.1) is 0 Å². The summed E-state index contributed by atoms with van der Waals surface area (Å²) in [6, 6.07) is 20.4. The van der Waals surface area contributed by atoms with Gasteiger partial charge < -0.3 is 39.4 Å². The van der Waals surface area contributed by atoms with Crippen molar-refractivity contribution in [3.8, 4) is 11.5 Å². The molecule has 2 heterocycles. The van der Waals surface area contributed by atoms with E-state index < -0.39 is 24.0 Å². The third-order valence-corrected chi connectivity index (χ3v) is 9.54. The molecular formula is C40H42N4O8. The molecule has 2 atom stereocenters. The fraction of sp³-hybridized carbons (Fsp3) is 0.300. The van der Waals surface area contributed by atoms with E-state index in [4.69, 9.17) is 18.9 Å². The molecule has 0 aliphatic carbocycles. The fourth-order valence-electron chi connectivity index (χ4n) is 6.75. The molecule has 0 saturated carbocycles. The molecule has 4 aromatic carbocycles. The Balaban J connectivity index is 1.35. The molecule has 0 bridgehead atoms. The molecule has 2 unspecified atom stereocenters. The normalized spacial score (nSPS) is 17.7. The minimum atomic E-state index is -0.846. The Kier molecular flexibility index (Phi) is 10.4. The first-order valence-electron chi connectivity index (χ1n) is 17.2. The second-order valence-corrected chi connectivity index (χ2v) is 12.4. The summed E-state index contributed by atoms with van der Waals surface area (Å²) in [5, 5.41) is 9.36. The maximum absolute atomic E-state index is 13.3. The molecule has 12 nitrogen and oxygen atoms in total. The molecule has 270 valence electrons. The smallest absolute Gasteiger partial charge is 0.338 e. The van der Waals surface area contributed by atoms with Gasteiger partial charge in [-0.15, -0.1) is 0 Å². The quantitative estimate of drug-likeness (QED) is 0.133. The van der Waals surface area contributed by atoms with Gasteiger partial charge in [-0.3, -0.25) is 0 Å². The van der Waals surface area contributed by atoms with Crippen molar-refractivity contribution in [2.45, 2.75) is 39.8 Å². The van der Waals surface area contributed by atoms with E-state index in [-0.39, 0.29) is 38.5 Å². The number of benzene rings is 4. The summed E-state index contributed by atoms with van der Waals surface area (Å²) >= 11 is 0. The van der Waals surface area contributed by atoms with Crippen molar-refractivity contribution >= 4 is 45.5 Å². The van der Waals surface area contributed by atoms with Crippen LogP contribution in [0.25, 0.3) is 21.5 Å². The van der Waals surface area contributed by atoms with Crippen LogP contribution >= 0.6 is 0 Å². The Morgan fingerprint density at radius 3 is 1.38 bits per heavy atom. The van der Waals surface area contributed by atoms with E-state index in [9.17, 15) is 19.2 Å². The first-order chi connectivity index (χ1) is 25.1. The predicted molar refractivity (Wildman–Crippen MR) is 196 cm³/mol. The second-order valence-electron chi connectivity index (χ2n) is 12.4. The minimum Gasteiger partial charge on any atom is -0.490 e. The number of hydrogen-bond acceptors (Lipinski definition) is 8. The highest BCUT2D eigenvalue weighted by molar-refractivity contribution is 5.99. The van der Waals surface area contributed by atoms with Gasteiger partial charge in [-0.1, -0.05) is 60.7 Å². The summed E-state index contributed by atoms with van der Waals surface area (Å²) in [6.45, 7) is 7.40. The van der Waals surface area contributed by atoms with E-state index in [0.29, 0.717) is 45.2 Å². The van der Waals surface area contributed by atoms with Crippen LogP contribution in [-0.2, 0) is 19.1 Å². The zero-order valence-electron chi connectivity index (χ0n) is 30.1. The molecular weight excluding hydrogens is 664 g/mol. The van der Waals surface area contributed by atoms with Gasteiger partial charge in [-0.25, -0.2) is 19.2 Å². The van der Waals surface area contributed by atoms with Crippen LogP contribution in [0.1, 0.15) is 50.9 Å². The van der Waals surface area contributed by atoms with Crippen molar-refractivity contribution in [1.82, 2.24) is 20.4 Å². The van der Waals surface area contributed by atoms with Crippen molar-refractivity contribution in [1.29, 1.82) is 0 Å². The number of fused-ring (bicyclic) bond motifs is 2. The highest BCUT2D eigenvalue weighted by atomic mass is 16.5. The Labute approximate surface area is 301 Å². The number of urea groups is 2. The summed E-state index contributed by atoms with van der Waals surface area (Å²) < 4.78 is 23.7. The molecule has 4 amide bonds. The molecule has 6 rings (SSSR count). The highest BCUT2D eigenvalue weighted by Crippen LogP contribution is 2.42. The Bertz CT molecular complexity index is 1990. The molecule has 0 radical (unpaired) electrons. The van der Waals surface area contributed by atoms with Gasteiger partial charge in [-0.05, 0) is 61.4 Å². The average molecular weight is 707 g/mol. The van der Waals surface area contributed by atoms with E-state index in [0.717, 1.165) is 21.5 Å². The Morgan fingerprint density at radius 1 is 0.615 bits per heavy atom. The number of carbonyl (C=O) groups excluding carboxylic acids is 4. The molecule has 0 spiro atoms. The molecule has 12 heteroatoms. The fourth-order valence-corrected chi connectivity index (χ4v) is 6.75. The molecule has 4 aromatic rings. The van der Waals surface area contributed by atoms with Gasteiger partial charge in [0, 0.05) is 36.6 Å². The monoisotopic (exact) mass is 706 g/mol. The number of nitrogens with zero attached hydrogens (tertiary/aromatic N) is 2. The molecule has 52 heavy (non-hydrogen) atoms. The van der Waals surface area contributed by atoms with Crippen LogP contribution in [0.2, 0.25) is 0 Å². The third-order valence-electron chi connectivity index (χ3n) is 9.54. The zero-order valence-corrected chi connectivity index (χ0v) is 30.1. The van der Waals surface area contributed by atoms with Gasteiger partial charge in [0.2, 0.25) is 0 Å². The number of nitrogens with one attached hydrogen (secondary N) is 2. The number of allylic oxidation sites excluding steroid dienone is 2. The second kappa shape index (κ2) is 15.1. The maximum atomic E-state index is 13.3. The minimum absolute atomic E-state index is 0.0783. The van der Waals surface area contributed by atoms with Crippen molar-refractivity contribution in [3.63, 3.8) is 0 Å². The van der Waals surface area contributed by atoms with Crippen molar-refractivity contribution in [2.75, 3.05) is 40.5 Å². The Hall–Kier alpha value is -6.04. The van der Waals surface area contributed by atoms with Gasteiger partial charge in [0.25, 0.3) is 0 Å². The van der Waals surface area contributed by atoms with Gasteiger partial charge >= 0.3 is 24.0 Å². The number of hydrogen-bond donors (Lipinski definition) is 2. The molecule has 2 aliphatic heterocycles. The lowest BCUT2D eigenvalue weighted by Gasteiger charge is -2.34. The Morgan fingerprint density at radius 2 is 1.00 bits per heavy atom. The number of amides is 4. The molecule has 0 fully saturated rings. The lowest BCUT2D eigenvalue weighted by molar-refractivity contribution is -0.140. The third kappa shape index (κ3) is 6.59. The highest BCUT2D eigenvalue weighted by Gasteiger charge is 2.39. The summed E-state index contributed by atoms with van der Waals surface area (Å²) in [5.74, 6) is -0.154. The molecule has 0 aromatic heterocycles. The van der Waals surface area contributed by atoms with E-state index >= 15 is 0 Å². The molecule has 0 saturated heterocycles. The van der Waals surface area contributed by atoms with Crippen LogP contribution in [-0.4, -0.2) is 74.3 Å². The first-order valence-corrected chi connectivity index (χ1v) is 17.2. The summed E-state index contributed by atoms with van der Waals surface area (Å²) in [5.41, 5.74) is 2.80. The molecule has 2 aliphatic rings. The van der Waals surface area contributed by atoms with Crippen LogP contribution in [0.5, 0.6) is 11.5 Å². The van der Waals surface area contributed by atoms with E-state index in [1.165, 1.54) is 9.80 Å². The summed E-state index contributed by atoms with van der Waals surface area (Å²) in [7, 11) is 3.20. The predicted octanol–water partition coefficient (Wildman–Crippen LogP) is 6.52. The number of rotatable bonds is 11. The summed E-state index contributed by atoms with van der Waals surface area (Å²) in [4.78, 5) is 55.7. The van der Waals surface area contributed by atoms with Crippen molar-refractivity contribution in [3.05, 3.63) is 106 Å². The van der Waals surface area contributed by atoms with Crippen LogP contribution in [0.15, 0.2) is 95.3 Å². The number of ether oxygens (including phenoxy) is 4. The zero-order chi connectivity index (χ0) is 37.1. The van der Waals surface area contributed by atoms with Gasteiger partial charge in [0.1, 0.15) is 24.7 Å². The van der Waals surface area contributed by atoms with Gasteiger partial charge in [0.15, 0.2) is 0 Å². The van der Waals surface area contributed by atoms with Crippen molar-refractivity contribution in [2.24, 2.45) is 0 Å². The maximum Gasteiger partial charge on any atom is 0.338 e. The van der Waals surface area contributed by atoms with Gasteiger partial charge in [0.05, 0.1) is 36.4 Å². The van der Waals surface area contributed by atoms with E-state index in [2.05, 4.69) is 10.6 Å². The average Bonchev–Trinajstić information content (AvgIpc) is 3.14. The van der Waals surface area contributed by atoms with Crippen LogP contribution in [0.3, 0.4) is 0 Å². The topological polar surface area (TPSA) is 136 Å². The number of esters is 2.